The number of carbonyl (C=O) groups excluding carboxylic acids is 3. The summed E-state index contributed by atoms with van der Waals surface area (Å²) in [7, 11) is 2.44. The maximum atomic E-state index is 12.3. The molecule has 2 aliphatic heterocycles. The first kappa shape index (κ1) is 12.3. The van der Waals surface area contributed by atoms with Crippen LogP contribution in [0.3, 0.4) is 0 Å². The van der Waals surface area contributed by atoms with Crippen LogP contribution in [0.1, 0.15) is 19.8 Å². The predicted molar refractivity (Wildman–Crippen MR) is 61.0 cm³/mol. The van der Waals surface area contributed by atoms with Gasteiger partial charge in [0.15, 0.2) is 11.9 Å². The van der Waals surface area contributed by atoms with Gasteiger partial charge >= 0.3 is 11.9 Å². The van der Waals surface area contributed by atoms with Crippen molar-refractivity contribution in [3.05, 3.63) is 11.1 Å². The Labute approximate surface area is 109 Å². The van der Waals surface area contributed by atoms with E-state index in [-0.39, 0.29) is 16.9 Å². The van der Waals surface area contributed by atoms with Crippen LogP contribution < -0.4 is 0 Å². The molecular formula is C13H14O6. The molecule has 1 spiro atoms. The molecule has 1 aliphatic carbocycles. The van der Waals surface area contributed by atoms with E-state index >= 15 is 0 Å². The smallest absolute Gasteiger partial charge is 0.337 e. The van der Waals surface area contributed by atoms with Crippen molar-refractivity contribution in [2.24, 2.45) is 5.41 Å². The molecule has 0 amide bonds. The minimum atomic E-state index is -1.06. The zero-order valence-corrected chi connectivity index (χ0v) is 10.9. The van der Waals surface area contributed by atoms with Crippen LogP contribution in [0.25, 0.3) is 0 Å². The molecule has 2 bridgehead atoms. The SMILES string of the molecule is COC(=O)C1=C(C(=O)OC)[C@]2(C)O[C@@H]1C(=O)C21CC1. The highest BCUT2D eigenvalue weighted by atomic mass is 16.6. The molecule has 0 N–H and O–H groups in total. The number of ketones is 1. The number of hydrogen-bond acceptors (Lipinski definition) is 6. The third kappa shape index (κ3) is 1.18. The number of esters is 2. The standard InChI is InChI=1S/C13H14O6/c1-12-7(11(16)18-3)6(10(15)17-2)8(19-12)9(14)13(12)4-5-13/h8H,4-5H2,1-3H3/t8-,12-/m0/s1. The zero-order valence-electron chi connectivity index (χ0n) is 10.9. The lowest BCUT2D eigenvalue weighted by molar-refractivity contribution is -0.141. The molecule has 0 aromatic carbocycles. The molecule has 3 rings (SSSR count). The van der Waals surface area contributed by atoms with E-state index in [2.05, 4.69) is 4.74 Å². The minimum absolute atomic E-state index is 0.000579. The Morgan fingerprint density at radius 3 is 2.26 bits per heavy atom. The van der Waals surface area contributed by atoms with E-state index in [1.54, 1.807) is 6.92 Å². The fourth-order valence-electron chi connectivity index (χ4n) is 3.34. The Morgan fingerprint density at radius 2 is 1.79 bits per heavy atom. The lowest BCUT2D eigenvalue weighted by Crippen LogP contribution is -2.44. The number of hydrogen-bond donors (Lipinski definition) is 0. The van der Waals surface area contributed by atoms with E-state index in [0.29, 0.717) is 12.8 Å². The molecule has 6 heteroatoms. The highest BCUT2D eigenvalue weighted by Gasteiger charge is 2.77. The Balaban J connectivity index is 2.20. The lowest BCUT2D eigenvalue weighted by Gasteiger charge is -2.29. The van der Waals surface area contributed by atoms with Gasteiger partial charge in [-0.25, -0.2) is 9.59 Å². The van der Waals surface area contributed by atoms with Gasteiger partial charge in [-0.15, -0.1) is 0 Å². The average Bonchev–Trinajstić information content (AvgIpc) is 3.11. The van der Waals surface area contributed by atoms with Crippen molar-refractivity contribution in [1.82, 2.24) is 0 Å². The van der Waals surface area contributed by atoms with Crippen molar-refractivity contribution in [1.29, 1.82) is 0 Å². The van der Waals surface area contributed by atoms with Crippen LogP contribution in [-0.2, 0) is 28.6 Å². The molecule has 2 fully saturated rings. The fourth-order valence-corrected chi connectivity index (χ4v) is 3.34. The highest BCUT2D eigenvalue weighted by molar-refractivity contribution is 6.14. The number of methoxy groups -OCH3 is 2. The van der Waals surface area contributed by atoms with Gasteiger partial charge in [-0.2, -0.15) is 0 Å². The molecule has 0 aromatic heterocycles. The molecule has 6 nitrogen and oxygen atoms in total. The first-order chi connectivity index (χ1) is 8.93. The van der Waals surface area contributed by atoms with E-state index in [4.69, 9.17) is 9.47 Å². The number of fused-ring (bicyclic) bond motifs is 3. The summed E-state index contributed by atoms with van der Waals surface area (Å²) in [4.78, 5) is 36.1. The van der Waals surface area contributed by atoms with E-state index < -0.39 is 29.1 Å². The van der Waals surface area contributed by atoms with Crippen LogP contribution in [0.4, 0.5) is 0 Å². The van der Waals surface area contributed by atoms with Crippen molar-refractivity contribution in [2.75, 3.05) is 14.2 Å². The summed E-state index contributed by atoms with van der Waals surface area (Å²) in [6.07, 6.45) is 0.357. The van der Waals surface area contributed by atoms with Crippen molar-refractivity contribution >= 4 is 17.7 Å². The molecule has 3 aliphatic rings. The van der Waals surface area contributed by atoms with Crippen molar-refractivity contribution < 1.29 is 28.6 Å². The van der Waals surface area contributed by atoms with Gasteiger partial charge in [0.2, 0.25) is 0 Å². The molecule has 19 heavy (non-hydrogen) atoms. The normalized spacial score (nSPS) is 33.8. The average molecular weight is 266 g/mol. The Bertz CT molecular complexity index is 541. The lowest BCUT2D eigenvalue weighted by atomic mass is 9.72. The number of carbonyl (C=O) groups is 3. The third-order valence-electron chi connectivity index (χ3n) is 4.53. The summed E-state index contributed by atoms with van der Waals surface area (Å²) in [5.41, 5.74) is -1.58. The van der Waals surface area contributed by atoms with Gasteiger partial charge < -0.3 is 14.2 Å². The Kier molecular flexibility index (Phi) is 2.24. The molecule has 0 unspecified atom stereocenters. The molecule has 2 atom stereocenters. The third-order valence-corrected chi connectivity index (χ3v) is 4.53. The van der Waals surface area contributed by atoms with Crippen LogP contribution in [0, 0.1) is 5.41 Å². The first-order valence-electron chi connectivity index (χ1n) is 6.06. The molecule has 0 aromatic rings. The maximum Gasteiger partial charge on any atom is 0.337 e. The molecule has 2 heterocycles. The van der Waals surface area contributed by atoms with Crippen LogP contribution in [-0.4, -0.2) is 43.6 Å². The molecular weight excluding hydrogens is 252 g/mol. The summed E-state index contributed by atoms with van der Waals surface area (Å²) >= 11 is 0. The van der Waals surface area contributed by atoms with Crippen molar-refractivity contribution in [3.63, 3.8) is 0 Å². The summed E-state index contributed by atoms with van der Waals surface area (Å²) in [5.74, 6) is -1.47. The molecule has 0 radical (unpaired) electrons. The minimum Gasteiger partial charge on any atom is -0.466 e. The topological polar surface area (TPSA) is 78.9 Å². The number of ether oxygens (including phenoxy) is 3. The van der Waals surface area contributed by atoms with Crippen LogP contribution in [0.2, 0.25) is 0 Å². The molecule has 1 saturated carbocycles. The van der Waals surface area contributed by atoms with E-state index in [9.17, 15) is 14.4 Å². The largest absolute Gasteiger partial charge is 0.466 e. The van der Waals surface area contributed by atoms with E-state index in [0.717, 1.165) is 0 Å². The summed E-state index contributed by atoms with van der Waals surface area (Å²) in [6.45, 7) is 1.68. The first-order valence-corrected chi connectivity index (χ1v) is 6.06. The van der Waals surface area contributed by atoms with Gasteiger partial charge in [0.25, 0.3) is 0 Å². The van der Waals surface area contributed by atoms with Crippen LogP contribution in [0.15, 0.2) is 11.1 Å². The van der Waals surface area contributed by atoms with Gasteiger partial charge in [0.05, 0.1) is 30.8 Å². The van der Waals surface area contributed by atoms with Crippen LogP contribution in [0.5, 0.6) is 0 Å². The second-order valence-corrected chi connectivity index (χ2v) is 5.25. The number of rotatable bonds is 2. The fraction of sp³-hybridized carbons (Fsp3) is 0.615. The van der Waals surface area contributed by atoms with Crippen LogP contribution >= 0.6 is 0 Å². The van der Waals surface area contributed by atoms with E-state index in [1.807, 2.05) is 0 Å². The quantitative estimate of drug-likeness (QED) is 0.662. The second kappa shape index (κ2) is 3.45. The predicted octanol–water partition coefficient (Wildman–Crippen LogP) is 0.149. The maximum absolute atomic E-state index is 12.3. The molecule has 102 valence electrons. The summed E-state index contributed by atoms with van der Waals surface area (Å²) < 4.78 is 15.1. The monoisotopic (exact) mass is 266 g/mol. The van der Waals surface area contributed by atoms with Gasteiger partial charge in [0, 0.05) is 0 Å². The molecule has 1 saturated heterocycles. The van der Waals surface area contributed by atoms with Gasteiger partial charge in [0.1, 0.15) is 5.60 Å². The van der Waals surface area contributed by atoms with E-state index in [1.165, 1.54) is 14.2 Å². The second-order valence-electron chi connectivity index (χ2n) is 5.25. The zero-order chi connectivity index (χ0) is 14.0. The summed E-state index contributed by atoms with van der Waals surface area (Å²) in [5, 5.41) is 0. The summed E-state index contributed by atoms with van der Waals surface area (Å²) in [6, 6.07) is 0. The number of Topliss-reactive ketones (excluding diaryl/α,β-unsaturated/α-hetero) is 1. The highest BCUT2D eigenvalue weighted by Crippen LogP contribution is 2.68. The van der Waals surface area contributed by atoms with Crippen molar-refractivity contribution in [3.8, 4) is 0 Å². The van der Waals surface area contributed by atoms with Gasteiger partial charge in [-0.1, -0.05) is 0 Å². The van der Waals surface area contributed by atoms with Gasteiger partial charge in [-0.3, -0.25) is 4.79 Å². The Hall–Kier alpha value is -1.69. The van der Waals surface area contributed by atoms with Crippen molar-refractivity contribution in [2.45, 2.75) is 31.5 Å². The Morgan fingerprint density at radius 1 is 1.21 bits per heavy atom. The van der Waals surface area contributed by atoms with Gasteiger partial charge in [-0.05, 0) is 19.8 Å².